The second-order valence-corrected chi connectivity index (χ2v) is 7.70. The Morgan fingerprint density at radius 3 is 2.45 bits per heavy atom. The van der Waals surface area contributed by atoms with E-state index in [1.807, 2.05) is 24.3 Å². The predicted molar refractivity (Wildman–Crippen MR) is 122 cm³/mol. The third kappa shape index (κ3) is 4.29. The van der Waals surface area contributed by atoms with Gasteiger partial charge in [0.15, 0.2) is 0 Å². The van der Waals surface area contributed by atoms with Gasteiger partial charge in [0, 0.05) is 18.7 Å². The molecule has 0 bridgehead atoms. The maximum absolute atomic E-state index is 13.3. The van der Waals surface area contributed by atoms with Gasteiger partial charge in [-0.3, -0.25) is 9.78 Å². The van der Waals surface area contributed by atoms with Gasteiger partial charge in [-0.15, -0.1) is 4.98 Å². The summed E-state index contributed by atoms with van der Waals surface area (Å²) in [7, 11) is 1.61. The van der Waals surface area contributed by atoms with Crippen LogP contribution in [0, 0.1) is 12.5 Å². The van der Waals surface area contributed by atoms with Gasteiger partial charge in [0.05, 0.1) is 18.4 Å². The molecule has 1 aromatic carbocycles. The highest BCUT2D eigenvalue weighted by Gasteiger charge is 2.23. The molecule has 0 spiro atoms. The van der Waals surface area contributed by atoms with Crippen LogP contribution < -0.4 is 15.2 Å². The monoisotopic (exact) mass is 415 g/mol. The molecule has 0 atom stereocenters. The van der Waals surface area contributed by atoms with Crippen molar-refractivity contribution in [3.63, 3.8) is 0 Å². The minimum Gasteiger partial charge on any atom is -0.497 e. The number of methoxy groups -OCH3 is 1. The second-order valence-electron chi connectivity index (χ2n) is 7.70. The number of rotatable bonds is 5. The zero-order chi connectivity index (χ0) is 21.8. The number of hydrogen-bond donors (Lipinski definition) is 1. The van der Waals surface area contributed by atoms with Crippen LogP contribution in [0.2, 0.25) is 0 Å². The summed E-state index contributed by atoms with van der Waals surface area (Å²) in [5, 5.41) is 0. The van der Waals surface area contributed by atoms with E-state index in [1.165, 1.54) is 6.42 Å². The van der Waals surface area contributed by atoms with Crippen molar-refractivity contribution < 1.29 is 4.74 Å². The molecule has 0 unspecified atom stereocenters. The summed E-state index contributed by atoms with van der Waals surface area (Å²) in [6, 6.07) is 10.8. The van der Waals surface area contributed by atoms with Crippen LogP contribution in [-0.4, -0.2) is 35.2 Å². The fourth-order valence-corrected chi connectivity index (χ4v) is 3.99. The predicted octanol–water partition coefficient (Wildman–Crippen LogP) is 4.68. The van der Waals surface area contributed by atoms with Crippen LogP contribution in [-0.2, 0) is 0 Å². The minimum absolute atomic E-state index is 0.197. The molecular formula is C24H25N5O2. The number of piperidine rings is 1. The lowest BCUT2D eigenvalue weighted by Crippen LogP contribution is -2.36. The summed E-state index contributed by atoms with van der Waals surface area (Å²) in [6.07, 6.45) is 4.97. The van der Waals surface area contributed by atoms with Crippen molar-refractivity contribution in [2.45, 2.75) is 26.2 Å². The molecular weight excluding hydrogens is 390 g/mol. The van der Waals surface area contributed by atoms with E-state index in [9.17, 15) is 4.79 Å². The van der Waals surface area contributed by atoms with Crippen LogP contribution in [0.5, 0.6) is 5.75 Å². The summed E-state index contributed by atoms with van der Waals surface area (Å²) in [4.78, 5) is 30.8. The number of aromatic amines is 1. The smallest absolute Gasteiger partial charge is 0.269 e. The van der Waals surface area contributed by atoms with E-state index in [-0.39, 0.29) is 5.56 Å². The van der Waals surface area contributed by atoms with Crippen molar-refractivity contribution in [3.8, 4) is 28.1 Å². The van der Waals surface area contributed by atoms with Crippen molar-refractivity contribution >= 4 is 11.8 Å². The summed E-state index contributed by atoms with van der Waals surface area (Å²) < 4.78 is 5.25. The van der Waals surface area contributed by atoms with E-state index in [0.29, 0.717) is 34.3 Å². The fourth-order valence-electron chi connectivity index (χ4n) is 3.99. The Kier molecular flexibility index (Phi) is 5.99. The van der Waals surface area contributed by atoms with Gasteiger partial charge in [0.25, 0.3) is 11.4 Å². The standard InChI is InChI=1S/C24H25N5O2/c1-4-16-11-13-29(14-12-16)24-27-22(18-7-10-20(25-2)26-15-18)21(23(30)28-24)17-5-8-19(31-3)9-6-17/h5-10,15-16H,4,11-14H2,1,3H3,(H,27,28,30). The first-order valence-corrected chi connectivity index (χ1v) is 10.5. The Labute approximate surface area is 181 Å². The molecule has 158 valence electrons. The Morgan fingerprint density at radius 1 is 1.16 bits per heavy atom. The van der Waals surface area contributed by atoms with E-state index >= 15 is 0 Å². The fraction of sp³-hybridized carbons (Fsp3) is 0.333. The van der Waals surface area contributed by atoms with Gasteiger partial charge in [0.2, 0.25) is 5.95 Å². The van der Waals surface area contributed by atoms with Crippen LogP contribution in [0.1, 0.15) is 26.2 Å². The molecule has 31 heavy (non-hydrogen) atoms. The Morgan fingerprint density at radius 2 is 1.87 bits per heavy atom. The van der Waals surface area contributed by atoms with Crippen molar-refractivity contribution in [1.82, 2.24) is 15.0 Å². The summed E-state index contributed by atoms with van der Waals surface area (Å²) >= 11 is 0. The molecule has 4 rings (SSSR count). The first-order chi connectivity index (χ1) is 15.1. The van der Waals surface area contributed by atoms with E-state index in [2.05, 4.69) is 26.6 Å². The van der Waals surface area contributed by atoms with E-state index in [4.69, 9.17) is 16.3 Å². The number of nitrogens with zero attached hydrogens (tertiary/aromatic N) is 4. The molecule has 1 saturated heterocycles. The summed E-state index contributed by atoms with van der Waals surface area (Å²) in [5.41, 5.74) is 2.29. The zero-order valence-electron chi connectivity index (χ0n) is 17.8. The topological polar surface area (TPSA) is 75.5 Å². The first kappa shape index (κ1) is 20.6. The molecule has 1 aliphatic heterocycles. The quantitative estimate of drug-likeness (QED) is 0.612. The molecule has 2 aromatic heterocycles. The van der Waals surface area contributed by atoms with Gasteiger partial charge < -0.3 is 14.5 Å². The first-order valence-electron chi connectivity index (χ1n) is 10.5. The summed E-state index contributed by atoms with van der Waals surface area (Å²) in [6.45, 7) is 11.1. The number of pyridine rings is 1. The van der Waals surface area contributed by atoms with Gasteiger partial charge in [0.1, 0.15) is 11.9 Å². The molecule has 0 amide bonds. The van der Waals surface area contributed by atoms with Crippen LogP contribution in [0.15, 0.2) is 47.4 Å². The molecule has 3 heterocycles. The van der Waals surface area contributed by atoms with Gasteiger partial charge >= 0.3 is 0 Å². The average Bonchev–Trinajstić information content (AvgIpc) is 2.84. The number of benzene rings is 1. The second kappa shape index (κ2) is 9.00. The molecule has 1 fully saturated rings. The molecule has 7 nitrogen and oxygen atoms in total. The Balaban J connectivity index is 1.81. The van der Waals surface area contributed by atoms with Crippen molar-refractivity contribution in [3.05, 3.63) is 64.4 Å². The van der Waals surface area contributed by atoms with Crippen molar-refractivity contribution in [2.75, 3.05) is 25.1 Å². The highest BCUT2D eigenvalue weighted by molar-refractivity contribution is 5.81. The highest BCUT2D eigenvalue weighted by atomic mass is 16.5. The largest absolute Gasteiger partial charge is 0.497 e. The highest BCUT2D eigenvalue weighted by Crippen LogP contribution is 2.31. The lowest BCUT2D eigenvalue weighted by molar-refractivity contribution is 0.392. The molecule has 0 radical (unpaired) electrons. The maximum atomic E-state index is 13.3. The molecule has 7 heteroatoms. The summed E-state index contributed by atoms with van der Waals surface area (Å²) in [5.74, 6) is 2.34. The zero-order valence-corrected chi connectivity index (χ0v) is 17.8. The van der Waals surface area contributed by atoms with Crippen LogP contribution in [0.4, 0.5) is 11.8 Å². The molecule has 0 aliphatic carbocycles. The van der Waals surface area contributed by atoms with Gasteiger partial charge in [-0.2, -0.15) is 0 Å². The number of ether oxygens (including phenoxy) is 1. The number of hydrogen-bond acceptors (Lipinski definition) is 5. The third-order valence-corrected chi connectivity index (χ3v) is 5.91. The number of nitrogens with one attached hydrogen (secondary N) is 1. The molecule has 3 aromatic rings. The van der Waals surface area contributed by atoms with Crippen molar-refractivity contribution in [2.24, 2.45) is 5.92 Å². The van der Waals surface area contributed by atoms with Crippen LogP contribution >= 0.6 is 0 Å². The average molecular weight is 415 g/mol. The Hall–Kier alpha value is -3.66. The van der Waals surface area contributed by atoms with Gasteiger partial charge in [-0.05, 0) is 42.5 Å². The maximum Gasteiger partial charge on any atom is 0.269 e. The van der Waals surface area contributed by atoms with Crippen molar-refractivity contribution in [1.29, 1.82) is 0 Å². The SMILES string of the molecule is [C-]#[N+]c1ccc(-c2nc(N3CCC(CC)CC3)[nH]c(=O)c2-c2ccc(OC)cc2)cn1. The van der Waals surface area contributed by atoms with Gasteiger partial charge in [-0.1, -0.05) is 38.1 Å². The number of H-pyrrole nitrogens is 1. The molecule has 1 aliphatic rings. The third-order valence-electron chi connectivity index (χ3n) is 5.91. The van der Waals surface area contributed by atoms with Crippen LogP contribution in [0.25, 0.3) is 27.2 Å². The number of anilines is 1. The van der Waals surface area contributed by atoms with Gasteiger partial charge in [-0.25, -0.2) is 4.98 Å². The normalized spacial score (nSPS) is 14.3. The molecule has 1 N–H and O–H groups in total. The van der Waals surface area contributed by atoms with Crippen LogP contribution in [0.3, 0.4) is 0 Å². The van der Waals surface area contributed by atoms with E-state index < -0.39 is 0 Å². The molecule has 0 saturated carbocycles. The van der Waals surface area contributed by atoms with E-state index in [1.54, 1.807) is 25.4 Å². The Bertz CT molecular complexity index is 1140. The van der Waals surface area contributed by atoms with E-state index in [0.717, 1.165) is 37.4 Å². The minimum atomic E-state index is -0.197. The lowest BCUT2D eigenvalue weighted by Gasteiger charge is -2.32. The lowest BCUT2D eigenvalue weighted by atomic mass is 9.94. The number of aromatic nitrogens is 3.